The third-order valence-corrected chi connectivity index (χ3v) is 5.27. The van der Waals surface area contributed by atoms with Crippen molar-refractivity contribution < 1.29 is 4.39 Å². The van der Waals surface area contributed by atoms with Gasteiger partial charge in [-0.15, -0.1) is 0 Å². The lowest BCUT2D eigenvalue weighted by molar-refractivity contribution is 0.635. The maximum absolute atomic E-state index is 14.6. The average molecular weight is 430 g/mol. The molecular formula is C22H19FN8O. The number of anilines is 2. The van der Waals surface area contributed by atoms with E-state index < -0.39 is 17.4 Å². The number of imidazole rings is 1. The molecule has 1 atom stereocenters. The third-order valence-electron chi connectivity index (χ3n) is 5.27. The van der Waals surface area contributed by atoms with Crippen LogP contribution in [0.2, 0.25) is 0 Å². The molecule has 0 saturated carbocycles. The lowest BCUT2D eigenvalue weighted by Crippen LogP contribution is -2.28. The Hall–Kier alpha value is -4.34. The number of hydrogen-bond donors (Lipinski definition) is 3. The van der Waals surface area contributed by atoms with Gasteiger partial charge in [0.25, 0.3) is 5.56 Å². The summed E-state index contributed by atoms with van der Waals surface area (Å²) < 4.78 is 16.0. The monoisotopic (exact) mass is 430 g/mol. The van der Waals surface area contributed by atoms with E-state index in [2.05, 4.69) is 30.2 Å². The van der Waals surface area contributed by atoms with Crippen molar-refractivity contribution in [2.45, 2.75) is 19.9 Å². The van der Waals surface area contributed by atoms with E-state index in [-0.39, 0.29) is 16.9 Å². The molecule has 0 bridgehead atoms. The fraction of sp³-hybridized carbons (Fsp3) is 0.136. The van der Waals surface area contributed by atoms with E-state index in [9.17, 15) is 9.18 Å². The van der Waals surface area contributed by atoms with Gasteiger partial charge in [-0.25, -0.2) is 14.4 Å². The quantitative estimate of drug-likeness (QED) is 0.399. The number of aromatic amines is 1. The summed E-state index contributed by atoms with van der Waals surface area (Å²) in [4.78, 5) is 33.6. The molecule has 0 saturated heterocycles. The number of fused-ring (bicyclic) bond motifs is 2. The number of para-hydroxylation sites is 1. The molecule has 0 aliphatic carbocycles. The fourth-order valence-corrected chi connectivity index (χ4v) is 3.77. The first kappa shape index (κ1) is 19.6. The van der Waals surface area contributed by atoms with Gasteiger partial charge < -0.3 is 16.0 Å². The molecule has 0 aliphatic heterocycles. The third kappa shape index (κ3) is 3.13. The number of H-pyrrole nitrogens is 1. The van der Waals surface area contributed by atoms with Gasteiger partial charge in [-0.1, -0.05) is 24.3 Å². The van der Waals surface area contributed by atoms with Gasteiger partial charge in [-0.2, -0.15) is 9.97 Å². The Morgan fingerprint density at radius 3 is 2.75 bits per heavy atom. The van der Waals surface area contributed by atoms with Crippen molar-refractivity contribution in [1.29, 1.82) is 0 Å². The molecule has 160 valence electrons. The lowest BCUT2D eigenvalue weighted by atomic mass is 10.1. The molecule has 5 aromatic rings. The molecule has 2 aromatic carbocycles. The summed E-state index contributed by atoms with van der Waals surface area (Å²) >= 11 is 0. The number of aryl methyl sites for hydroxylation is 1. The molecule has 4 N–H and O–H groups in total. The summed E-state index contributed by atoms with van der Waals surface area (Å²) in [5.74, 6) is 0.260. The normalized spacial score (nSPS) is 12.3. The molecule has 0 spiro atoms. The molecule has 3 aromatic heterocycles. The first-order valence-corrected chi connectivity index (χ1v) is 9.94. The number of aromatic nitrogens is 6. The number of rotatable bonds is 4. The van der Waals surface area contributed by atoms with Gasteiger partial charge in [0.2, 0.25) is 5.95 Å². The minimum Gasteiger partial charge on any atom is -0.368 e. The molecular weight excluding hydrogens is 411 g/mol. The van der Waals surface area contributed by atoms with Gasteiger partial charge in [0.15, 0.2) is 11.5 Å². The van der Waals surface area contributed by atoms with Crippen LogP contribution in [0.25, 0.3) is 27.8 Å². The molecule has 0 amide bonds. The maximum Gasteiger partial charge on any atom is 0.269 e. The molecule has 0 aliphatic rings. The number of nitrogens with two attached hydrogens (primary N) is 1. The summed E-state index contributed by atoms with van der Waals surface area (Å²) in [7, 11) is 0. The predicted molar refractivity (Wildman–Crippen MR) is 120 cm³/mol. The number of hydrogen-bond acceptors (Lipinski definition) is 7. The van der Waals surface area contributed by atoms with Crippen molar-refractivity contribution in [3.8, 4) is 5.69 Å². The van der Waals surface area contributed by atoms with Gasteiger partial charge in [-0.3, -0.25) is 9.36 Å². The van der Waals surface area contributed by atoms with Crippen LogP contribution in [0.1, 0.15) is 24.4 Å². The molecule has 10 heteroatoms. The second kappa shape index (κ2) is 7.41. The van der Waals surface area contributed by atoms with Crippen LogP contribution in [-0.4, -0.2) is 29.5 Å². The zero-order valence-corrected chi connectivity index (χ0v) is 17.3. The largest absolute Gasteiger partial charge is 0.368 e. The highest BCUT2D eigenvalue weighted by molar-refractivity contribution is 5.84. The van der Waals surface area contributed by atoms with Crippen LogP contribution in [-0.2, 0) is 0 Å². The Morgan fingerprint density at radius 2 is 1.94 bits per heavy atom. The fourth-order valence-electron chi connectivity index (χ4n) is 3.77. The Morgan fingerprint density at radius 1 is 1.12 bits per heavy atom. The van der Waals surface area contributed by atoms with E-state index >= 15 is 0 Å². The van der Waals surface area contributed by atoms with Crippen LogP contribution in [0.4, 0.5) is 16.2 Å². The SMILES string of the molecule is Cc1ccccc1-n1c([C@@H](C)Nc2nc(N)nc3nc[nH]c23)nc2cccc(F)c2c1=O. The van der Waals surface area contributed by atoms with Gasteiger partial charge in [0.1, 0.15) is 22.5 Å². The van der Waals surface area contributed by atoms with Crippen molar-refractivity contribution >= 4 is 33.8 Å². The van der Waals surface area contributed by atoms with Crippen molar-refractivity contribution in [1.82, 2.24) is 29.5 Å². The minimum atomic E-state index is -0.614. The van der Waals surface area contributed by atoms with Crippen LogP contribution >= 0.6 is 0 Å². The van der Waals surface area contributed by atoms with E-state index in [1.54, 1.807) is 12.1 Å². The first-order chi connectivity index (χ1) is 15.4. The van der Waals surface area contributed by atoms with Gasteiger partial charge in [-0.05, 0) is 37.6 Å². The second-order valence-electron chi connectivity index (χ2n) is 7.43. The highest BCUT2D eigenvalue weighted by Crippen LogP contribution is 2.26. The van der Waals surface area contributed by atoms with Crippen molar-refractivity contribution in [3.05, 3.63) is 76.4 Å². The second-order valence-corrected chi connectivity index (χ2v) is 7.43. The molecule has 0 unspecified atom stereocenters. The Balaban J connectivity index is 1.74. The van der Waals surface area contributed by atoms with Crippen molar-refractivity contribution in [2.75, 3.05) is 11.1 Å². The smallest absolute Gasteiger partial charge is 0.269 e. The molecule has 0 radical (unpaired) electrons. The van der Waals surface area contributed by atoms with E-state index in [0.29, 0.717) is 28.5 Å². The van der Waals surface area contributed by atoms with E-state index in [1.165, 1.54) is 23.0 Å². The molecule has 32 heavy (non-hydrogen) atoms. The number of benzene rings is 2. The number of nitrogen functional groups attached to an aromatic ring is 1. The van der Waals surface area contributed by atoms with Crippen LogP contribution in [0.15, 0.2) is 53.6 Å². The molecule has 5 rings (SSSR count). The van der Waals surface area contributed by atoms with E-state index in [1.807, 2.05) is 32.0 Å². The van der Waals surface area contributed by atoms with Crippen LogP contribution in [0.3, 0.4) is 0 Å². The summed E-state index contributed by atoms with van der Waals surface area (Å²) in [6.07, 6.45) is 1.49. The number of nitrogens with zero attached hydrogens (tertiary/aromatic N) is 5. The summed E-state index contributed by atoms with van der Waals surface area (Å²) in [5.41, 5.74) is 8.07. The Bertz CT molecular complexity index is 1540. The highest BCUT2D eigenvalue weighted by atomic mass is 19.1. The van der Waals surface area contributed by atoms with Crippen LogP contribution in [0, 0.1) is 12.7 Å². The summed E-state index contributed by atoms with van der Waals surface area (Å²) in [5, 5.41) is 3.18. The Labute approximate surface area is 181 Å². The number of nitrogens with one attached hydrogen (secondary N) is 2. The minimum absolute atomic E-state index is 0.0594. The molecule has 3 heterocycles. The zero-order chi connectivity index (χ0) is 22.4. The van der Waals surface area contributed by atoms with Crippen molar-refractivity contribution in [2.24, 2.45) is 0 Å². The van der Waals surface area contributed by atoms with Crippen LogP contribution in [0.5, 0.6) is 0 Å². The zero-order valence-electron chi connectivity index (χ0n) is 17.3. The summed E-state index contributed by atoms with van der Waals surface area (Å²) in [6, 6.07) is 11.3. The van der Waals surface area contributed by atoms with Gasteiger partial charge in [0, 0.05) is 0 Å². The highest BCUT2D eigenvalue weighted by Gasteiger charge is 2.22. The average Bonchev–Trinajstić information content (AvgIpc) is 3.23. The Kier molecular flexibility index (Phi) is 4.54. The predicted octanol–water partition coefficient (Wildman–Crippen LogP) is 3.25. The topological polar surface area (TPSA) is 127 Å². The van der Waals surface area contributed by atoms with E-state index in [0.717, 1.165) is 5.56 Å². The van der Waals surface area contributed by atoms with Crippen molar-refractivity contribution in [3.63, 3.8) is 0 Å². The van der Waals surface area contributed by atoms with Crippen LogP contribution < -0.4 is 16.6 Å². The number of halogens is 1. The van der Waals surface area contributed by atoms with Gasteiger partial charge in [0.05, 0.1) is 23.6 Å². The first-order valence-electron chi connectivity index (χ1n) is 9.94. The molecule has 9 nitrogen and oxygen atoms in total. The standard InChI is InChI=1S/C22H19FN8O/c1-11-6-3-4-9-15(11)31-20(28-14-8-5-7-13(23)16(14)21(31)32)12(2)27-19-17-18(26-10-25-17)29-22(24)30-19/h3-10,12H,1-2H3,(H4,24,25,26,27,29,30)/t12-/m1/s1. The molecule has 0 fully saturated rings. The lowest BCUT2D eigenvalue weighted by Gasteiger charge is -2.21. The summed E-state index contributed by atoms with van der Waals surface area (Å²) in [6.45, 7) is 3.72. The van der Waals surface area contributed by atoms with Gasteiger partial charge >= 0.3 is 0 Å². The maximum atomic E-state index is 14.6. The van der Waals surface area contributed by atoms with E-state index in [4.69, 9.17) is 5.73 Å².